The Morgan fingerprint density at radius 3 is 2.40 bits per heavy atom. The van der Waals surface area contributed by atoms with E-state index in [0.717, 1.165) is 0 Å². The summed E-state index contributed by atoms with van der Waals surface area (Å²) in [7, 11) is 0. The first-order valence-electron chi connectivity index (χ1n) is 2.39. The number of hydrogen-bond acceptors (Lipinski definition) is 2. The molecule has 0 heterocycles. The fourth-order valence-electron chi connectivity index (χ4n) is 0.292. The van der Waals surface area contributed by atoms with Gasteiger partial charge in [-0.1, -0.05) is 0 Å². The van der Waals surface area contributed by atoms with E-state index in [1.54, 1.807) is 0 Å². The van der Waals surface area contributed by atoms with Crippen LogP contribution in [-0.2, 0) is 9.59 Å². The summed E-state index contributed by atoms with van der Waals surface area (Å²) >= 11 is 4.56. The number of rotatable bonds is 2. The molecular formula is C4H6BrIN2O2. The largest absolute Gasteiger partial charge is 0.336 e. The maximum atomic E-state index is 10.7. The second kappa shape index (κ2) is 4.89. The van der Waals surface area contributed by atoms with Crippen LogP contribution in [0.2, 0.25) is 0 Å². The summed E-state index contributed by atoms with van der Waals surface area (Å²) in [6.07, 6.45) is 0. The average molecular weight is 321 g/mol. The van der Waals surface area contributed by atoms with E-state index >= 15 is 0 Å². The number of nitrogens with one attached hydrogen (secondary N) is 2. The van der Waals surface area contributed by atoms with Gasteiger partial charge in [0, 0.05) is 23.1 Å². The van der Waals surface area contributed by atoms with Gasteiger partial charge >= 0.3 is 0 Å². The molecule has 0 rings (SSSR count). The van der Waals surface area contributed by atoms with Crippen molar-refractivity contribution < 1.29 is 9.59 Å². The lowest BCUT2D eigenvalue weighted by Crippen LogP contribution is -2.38. The van der Waals surface area contributed by atoms with Gasteiger partial charge in [-0.15, -0.1) is 0 Å². The molecule has 0 aliphatic carbocycles. The fraction of sp³-hybridized carbons (Fsp3) is 0.500. The van der Waals surface area contributed by atoms with E-state index in [1.165, 1.54) is 6.92 Å². The molecule has 1 atom stereocenters. The molecule has 58 valence electrons. The van der Waals surface area contributed by atoms with Crippen molar-refractivity contribution in [1.29, 1.82) is 0 Å². The van der Waals surface area contributed by atoms with Gasteiger partial charge in [0.1, 0.15) is 0 Å². The highest BCUT2D eigenvalue weighted by Crippen LogP contribution is 1.95. The van der Waals surface area contributed by atoms with Crippen molar-refractivity contribution in [3.8, 4) is 0 Å². The SMILES string of the molecule is CC(=O)NC(I)C(=O)NBr. The molecule has 0 saturated carbocycles. The van der Waals surface area contributed by atoms with E-state index in [9.17, 15) is 9.59 Å². The Balaban J connectivity index is 3.72. The van der Waals surface area contributed by atoms with Gasteiger partial charge in [-0.25, -0.2) is 0 Å². The van der Waals surface area contributed by atoms with E-state index in [1.807, 2.05) is 22.6 Å². The van der Waals surface area contributed by atoms with E-state index in [4.69, 9.17) is 0 Å². The quantitative estimate of drug-likeness (QED) is 0.333. The summed E-state index contributed by atoms with van der Waals surface area (Å²) < 4.78 is 1.70. The van der Waals surface area contributed by atoms with Crippen molar-refractivity contribution in [2.75, 3.05) is 0 Å². The van der Waals surface area contributed by atoms with Crippen molar-refractivity contribution in [1.82, 2.24) is 9.66 Å². The molecule has 0 fully saturated rings. The van der Waals surface area contributed by atoms with Crippen LogP contribution in [0.3, 0.4) is 0 Å². The van der Waals surface area contributed by atoms with Crippen LogP contribution in [0.4, 0.5) is 0 Å². The summed E-state index contributed by atoms with van der Waals surface area (Å²) in [5, 5.41) is 2.40. The third-order valence-corrected chi connectivity index (χ3v) is 1.92. The predicted molar refractivity (Wildman–Crippen MR) is 48.7 cm³/mol. The fourth-order valence-corrected chi connectivity index (χ4v) is 1.54. The van der Waals surface area contributed by atoms with Gasteiger partial charge in [-0.2, -0.15) is 0 Å². The van der Waals surface area contributed by atoms with Crippen LogP contribution in [0.5, 0.6) is 0 Å². The molecule has 0 aliphatic rings. The molecule has 2 N–H and O–H groups in total. The Bertz CT molecular complexity index is 152. The topological polar surface area (TPSA) is 58.2 Å². The standard InChI is InChI=1S/C4H6BrIN2O2/c1-2(9)7-3(6)4(10)8-5/h3H,1H3,(H,7,9)(H,8,10). The van der Waals surface area contributed by atoms with Crippen molar-refractivity contribution in [2.24, 2.45) is 0 Å². The first kappa shape index (κ1) is 10.2. The van der Waals surface area contributed by atoms with Crippen molar-refractivity contribution >= 4 is 50.6 Å². The minimum atomic E-state index is -0.519. The van der Waals surface area contributed by atoms with Gasteiger partial charge in [0.25, 0.3) is 5.91 Å². The zero-order valence-electron chi connectivity index (χ0n) is 5.15. The molecular weight excluding hydrogens is 315 g/mol. The van der Waals surface area contributed by atoms with E-state index in [-0.39, 0.29) is 11.8 Å². The molecule has 0 saturated heterocycles. The normalized spacial score (nSPS) is 11.9. The number of amides is 2. The molecule has 2 amide bonds. The number of alkyl halides is 1. The monoisotopic (exact) mass is 320 g/mol. The van der Waals surface area contributed by atoms with Crippen LogP contribution >= 0.6 is 38.7 Å². The van der Waals surface area contributed by atoms with Crippen LogP contribution in [0.1, 0.15) is 6.92 Å². The van der Waals surface area contributed by atoms with E-state index in [2.05, 4.69) is 25.8 Å². The summed E-state index contributed by atoms with van der Waals surface area (Å²) in [4.78, 5) is 21.0. The van der Waals surface area contributed by atoms with Gasteiger partial charge in [0.15, 0.2) is 4.05 Å². The minimum Gasteiger partial charge on any atom is -0.336 e. The Hall–Kier alpha value is 0.150. The van der Waals surface area contributed by atoms with Gasteiger partial charge in [-0.3, -0.25) is 13.9 Å². The zero-order valence-corrected chi connectivity index (χ0v) is 8.89. The van der Waals surface area contributed by atoms with Crippen LogP contribution < -0.4 is 9.66 Å². The Morgan fingerprint density at radius 2 is 2.10 bits per heavy atom. The van der Waals surface area contributed by atoms with Crippen LogP contribution in [0, 0.1) is 0 Å². The summed E-state index contributed by atoms with van der Waals surface area (Å²) in [6, 6.07) is 0. The van der Waals surface area contributed by atoms with Crippen LogP contribution in [0.15, 0.2) is 0 Å². The number of hydrogen-bond donors (Lipinski definition) is 2. The molecule has 0 aromatic rings. The molecule has 0 spiro atoms. The Morgan fingerprint density at radius 1 is 1.60 bits per heavy atom. The van der Waals surface area contributed by atoms with Crippen LogP contribution in [0.25, 0.3) is 0 Å². The molecule has 6 heteroatoms. The maximum absolute atomic E-state index is 10.7. The number of carbonyl (C=O) groups excluding carboxylic acids is 2. The molecule has 0 aromatic heterocycles. The summed E-state index contributed by atoms with van der Waals surface area (Å²) in [6.45, 7) is 1.35. The lowest BCUT2D eigenvalue weighted by atomic mass is 10.6. The molecule has 0 radical (unpaired) electrons. The highest BCUT2D eigenvalue weighted by Gasteiger charge is 2.12. The average Bonchev–Trinajstić information content (AvgIpc) is 1.85. The van der Waals surface area contributed by atoms with E-state index < -0.39 is 4.05 Å². The van der Waals surface area contributed by atoms with Gasteiger partial charge in [-0.05, 0) is 22.6 Å². The Labute approximate surface area is 80.6 Å². The first-order chi connectivity index (χ1) is 4.57. The Kier molecular flexibility index (Phi) is 4.96. The highest BCUT2D eigenvalue weighted by molar-refractivity contribution is 14.1. The third-order valence-electron chi connectivity index (χ3n) is 0.653. The number of carbonyl (C=O) groups is 2. The van der Waals surface area contributed by atoms with Crippen molar-refractivity contribution in [3.63, 3.8) is 0 Å². The molecule has 4 nitrogen and oxygen atoms in total. The van der Waals surface area contributed by atoms with Crippen molar-refractivity contribution in [3.05, 3.63) is 0 Å². The minimum absolute atomic E-state index is 0.226. The molecule has 0 aromatic carbocycles. The third kappa shape index (κ3) is 4.04. The smallest absolute Gasteiger partial charge is 0.262 e. The first-order valence-corrected chi connectivity index (χ1v) is 4.43. The predicted octanol–water partition coefficient (Wildman–Crippen LogP) is 0.310. The lowest BCUT2D eigenvalue weighted by molar-refractivity contribution is -0.124. The summed E-state index contributed by atoms with van der Waals surface area (Å²) in [5.41, 5.74) is 0. The van der Waals surface area contributed by atoms with Gasteiger partial charge in [0.05, 0.1) is 0 Å². The number of halogens is 2. The molecule has 10 heavy (non-hydrogen) atoms. The van der Waals surface area contributed by atoms with Gasteiger partial charge in [0.2, 0.25) is 5.91 Å². The zero-order chi connectivity index (χ0) is 8.15. The van der Waals surface area contributed by atoms with E-state index in [0.29, 0.717) is 0 Å². The molecule has 1 unspecified atom stereocenters. The summed E-state index contributed by atoms with van der Waals surface area (Å²) in [5.74, 6) is -0.508. The molecule has 0 bridgehead atoms. The second-order valence-corrected chi connectivity index (χ2v) is 3.16. The van der Waals surface area contributed by atoms with Crippen LogP contribution in [-0.4, -0.2) is 15.9 Å². The lowest BCUT2D eigenvalue weighted by Gasteiger charge is -2.06. The van der Waals surface area contributed by atoms with Gasteiger partial charge < -0.3 is 5.32 Å². The highest BCUT2D eigenvalue weighted by atomic mass is 127. The molecule has 0 aliphatic heterocycles. The maximum Gasteiger partial charge on any atom is 0.262 e. The second-order valence-electron chi connectivity index (χ2n) is 1.52. The van der Waals surface area contributed by atoms with Crippen molar-refractivity contribution in [2.45, 2.75) is 11.0 Å².